The van der Waals surface area contributed by atoms with Crippen LogP contribution in [0.3, 0.4) is 0 Å². The van der Waals surface area contributed by atoms with E-state index in [1.807, 2.05) is 31.2 Å². The zero-order valence-electron chi connectivity index (χ0n) is 12.0. The number of rotatable bonds is 6. The topological polar surface area (TPSA) is 66.9 Å². The molecule has 2 aromatic rings. The van der Waals surface area contributed by atoms with Gasteiger partial charge in [0, 0.05) is 12.2 Å². The van der Waals surface area contributed by atoms with E-state index in [1.54, 1.807) is 6.08 Å². The zero-order chi connectivity index (χ0) is 15.1. The molecule has 0 aliphatic carbocycles. The molecular weight excluding hydrogens is 264 g/mol. The second-order valence-electron chi connectivity index (χ2n) is 4.42. The van der Waals surface area contributed by atoms with E-state index in [1.165, 1.54) is 12.4 Å². The monoisotopic (exact) mass is 282 g/mol. The third kappa shape index (κ3) is 3.89. The normalized spacial score (nSPS) is 9.95. The molecule has 0 aliphatic heterocycles. The minimum atomic E-state index is -0.265. The Hall–Kier alpha value is -2.69. The van der Waals surface area contributed by atoms with E-state index in [9.17, 15) is 4.79 Å². The van der Waals surface area contributed by atoms with E-state index in [2.05, 4.69) is 27.2 Å². The van der Waals surface area contributed by atoms with Crippen molar-refractivity contribution in [3.8, 4) is 0 Å². The maximum Gasteiger partial charge on any atom is 0.275 e. The number of aryl methyl sites for hydroxylation is 1. The molecule has 1 aromatic carbocycles. The van der Waals surface area contributed by atoms with Gasteiger partial charge in [0.2, 0.25) is 0 Å². The fourth-order valence-electron chi connectivity index (χ4n) is 1.85. The maximum atomic E-state index is 12.2. The van der Waals surface area contributed by atoms with E-state index in [4.69, 9.17) is 0 Å². The minimum Gasteiger partial charge on any atom is -0.365 e. The highest BCUT2D eigenvalue weighted by atomic mass is 16.1. The first-order chi connectivity index (χ1) is 10.2. The number of benzene rings is 1. The Morgan fingerprint density at radius 1 is 1.29 bits per heavy atom. The molecule has 2 N–H and O–H groups in total. The predicted octanol–water partition coefficient (Wildman–Crippen LogP) is 2.89. The van der Waals surface area contributed by atoms with Crippen LogP contribution in [-0.4, -0.2) is 22.4 Å². The van der Waals surface area contributed by atoms with Crippen LogP contribution in [0.5, 0.6) is 0 Å². The third-order valence-corrected chi connectivity index (χ3v) is 2.96. The van der Waals surface area contributed by atoms with Gasteiger partial charge in [-0.15, -0.1) is 6.58 Å². The van der Waals surface area contributed by atoms with E-state index >= 15 is 0 Å². The van der Waals surface area contributed by atoms with Crippen LogP contribution < -0.4 is 10.6 Å². The van der Waals surface area contributed by atoms with Crippen molar-refractivity contribution in [2.45, 2.75) is 13.3 Å². The number of para-hydroxylation sites is 1. The van der Waals surface area contributed by atoms with Gasteiger partial charge < -0.3 is 10.6 Å². The summed E-state index contributed by atoms with van der Waals surface area (Å²) in [6.07, 6.45) is 5.57. The first-order valence-electron chi connectivity index (χ1n) is 6.80. The number of carbonyl (C=O) groups is 1. The van der Waals surface area contributed by atoms with Crippen molar-refractivity contribution in [1.82, 2.24) is 9.97 Å². The summed E-state index contributed by atoms with van der Waals surface area (Å²) in [5, 5.41) is 5.87. The summed E-state index contributed by atoms with van der Waals surface area (Å²) in [7, 11) is 0. The molecule has 2 rings (SSSR count). The molecule has 0 unspecified atom stereocenters. The number of nitrogens with one attached hydrogen (secondary N) is 2. The van der Waals surface area contributed by atoms with Gasteiger partial charge >= 0.3 is 0 Å². The van der Waals surface area contributed by atoms with Crippen LogP contribution >= 0.6 is 0 Å². The number of nitrogens with zero attached hydrogens (tertiary/aromatic N) is 2. The highest BCUT2D eigenvalue weighted by molar-refractivity contribution is 6.03. The Labute approximate surface area is 124 Å². The van der Waals surface area contributed by atoms with E-state index in [0.717, 1.165) is 17.7 Å². The molecule has 0 bridgehead atoms. The van der Waals surface area contributed by atoms with Gasteiger partial charge in [-0.1, -0.05) is 31.2 Å². The molecule has 0 fully saturated rings. The number of hydrogen-bond donors (Lipinski definition) is 2. The second kappa shape index (κ2) is 7.19. The minimum absolute atomic E-state index is 0.265. The molecular formula is C16H18N4O. The summed E-state index contributed by atoms with van der Waals surface area (Å²) in [5.41, 5.74) is 2.17. The Kier molecular flexibility index (Phi) is 5.04. The van der Waals surface area contributed by atoms with Gasteiger partial charge in [0.25, 0.3) is 5.91 Å². The molecule has 0 atom stereocenters. The summed E-state index contributed by atoms with van der Waals surface area (Å²) >= 11 is 0. The lowest BCUT2D eigenvalue weighted by molar-refractivity contribution is 0.102. The van der Waals surface area contributed by atoms with Crippen LogP contribution in [0.4, 0.5) is 11.5 Å². The fraction of sp³-hybridized carbons (Fsp3) is 0.188. The van der Waals surface area contributed by atoms with Crippen LogP contribution in [0.1, 0.15) is 23.0 Å². The summed E-state index contributed by atoms with van der Waals surface area (Å²) in [6.45, 7) is 6.26. The highest BCUT2D eigenvalue weighted by Gasteiger charge is 2.10. The first kappa shape index (κ1) is 14.7. The average molecular weight is 282 g/mol. The van der Waals surface area contributed by atoms with Crippen LogP contribution in [0.15, 0.2) is 49.3 Å². The lowest BCUT2D eigenvalue weighted by atomic mass is 10.1. The lowest BCUT2D eigenvalue weighted by Gasteiger charge is -2.09. The van der Waals surface area contributed by atoms with Gasteiger partial charge in [0.05, 0.1) is 12.4 Å². The first-order valence-corrected chi connectivity index (χ1v) is 6.80. The van der Waals surface area contributed by atoms with Gasteiger partial charge in [-0.05, 0) is 18.1 Å². The van der Waals surface area contributed by atoms with Crippen LogP contribution in [-0.2, 0) is 6.42 Å². The van der Waals surface area contributed by atoms with Crippen molar-refractivity contribution < 1.29 is 4.79 Å². The molecule has 5 nitrogen and oxygen atoms in total. The Balaban J connectivity index is 2.07. The molecule has 1 heterocycles. The third-order valence-electron chi connectivity index (χ3n) is 2.96. The average Bonchev–Trinajstić information content (AvgIpc) is 2.54. The predicted molar refractivity (Wildman–Crippen MR) is 84.5 cm³/mol. The maximum absolute atomic E-state index is 12.2. The SMILES string of the molecule is C=CCNc1cnc(C(=O)Nc2ccccc2CC)cn1. The van der Waals surface area contributed by atoms with Gasteiger partial charge in [-0.3, -0.25) is 4.79 Å². The molecule has 1 aromatic heterocycles. The van der Waals surface area contributed by atoms with Crippen LogP contribution in [0, 0.1) is 0 Å². The number of hydrogen-bond acceptors (Lipinski definition) is 4. The summed E-state index contributed by atoms with van der Waals surface area (Å²) < 4.78 is 0. The van der Waals surface area contributed by atoms with Crippen LogP contribution in [0.2, 0.25) is 0 Å². The quantitative estimate of drug-likeness (QED) is 0.799. The fourth-order valence-corrected chi connectivity index (χ4v) is 1.85. The van der Waals surface area contributed by atoms with Gasteiger partial charge in [-0.2, -0.15) is 0 Å². The van der Waals surface area contributed by atoms with Gasteiger partial charge in [-0.25, -0.2) is 9.97 Å². The Morgan fingerprint density at radius 3 is 2.76 bits per heavy atom. The van der Waals surface area contributed by atoms with E-state index in [-0.39, 0.29) is 11.6 Å². The summed E-state index contributed by atoms with van der Waals surface area (Å²) in [5.74, 6) is 0.346. The van der Waals surface area contributed by atoms with Crippen molar-refractivity contribution >= 4 is 17.4 Å². The van der Waals surface area contributed by atoms with Crippen molar-refractivity contribution in [2.75, 3.05) is 17.2 Å². The van der Waals surface area contributed by atoms with Gasteiger partial charge in [0.15, 0.2) is 0 Å². The molecule has 0 saturated heterocycles. The number of amides is 1. The number of aromatic nitrogens is 2. The highest BCUT2D eigenvalue weighted by Crippen LogP contribution is 2.16. The van der Waals surface area contributed by atoms with E-state index < -0.39 is 0 Å². The summed E-state index contributed by atoms with van der Waals surface area (Å²) in [6, 6.07) is 7.71. The molecule has 0 spiro atoms. The molecule has 1 amide bonds. The Bertz CT molecular complexity index is 622. The Morgan fingerprint density at radius 2 is 2.10 bits per heavy atom. The zero-order valence-corrected chi connectivity index (χ0v) is 12.0. The number of anilines is 2. The van der Waals surface area contributed by atoms with Crippen molar-refractivity contribution in [3.63, 3.8) is 0 Å². The second-order valence-corrected chi connectivity index (χ2v) is 4.42. The molecule has 0 saturated carbocycles. The van der Waals surface area contributed by atoms with Crippen molar-refractivity contribution in [1.29, 1.82) is 0 Å². The molecule has 108 valence electrons. The smallest absolute Gasteiger partial charge is 0.275 e. The van der Waals surface area contributed by atoms with E-state index in [0.29, 0.717) is 12.4 Å². The number of carbonyl (C=O) groups excluding carboxylic acids is 1. The largest absolute Gasteiger partial charge is 0.365 e. The van der Waals surface area contributed by atoms with Gasteiger partial charge in [0.1, 0.15) is 11.5 Å². The lowest BCUT2D eigenvalue weighted by Crippen LogP contribution is -2.15. The van der Waals surface area contributed by atoms with Crippen molar-refractivity contribution in [3.05, 3.63) is 60.6 Å². The molecule has 21 heavy (non-hydrogen) atoms. The summed E-state index contributed by atoms with van der Waals surface area (Å²) in [4.78, 5) is 20.4. The molecule has 0 radical (unpaired) electrons. The van der Waals surface area contributed by atoms with Crippen LogP contribution in [0.25, 0.3) is 0 Å². The van der Waals surface area contributed by atoms with Crippen molar-refractivity contribution in [2.24, 2.45) is 0 Å². The molecule has 0 aliphatic rings. The molecule has 5 heteroatoms. The standard InChI is InChI=1S/C16H18N4O/c1-3-9-17-15-11-18-14(10-19-15)16(21)20-13-8-6-5-7-12(13)4-2/h3,5-8,10-11H,1,4,9H2,2H3,(H,17,19)(H,20,21).